The number of halogens is 1. The summed E-state index contributed by atoms with van der Waals surface area (Å²) < 4.78 is 41.5. The van der Waals surface area contributed by atoms with E-state index in [1.807, 2.05) is 0 Å². The summed E-state index contributed by atoms with van der Waals surface area (Å²) in [6.07, 6.45) is 0. The van der Waals surface area contributed by atoms with Crippen LogP contribution in [0.5, 0.6) is 0 Å². The fourth-order valence-electron chi connectivity index (χ4n) is 2.84. The largest absolute Gasteiger partial charge is 0.326 e. The van der Waals surface area contributed by atoms with Gasteiger partial charge in [0.2, 0.25) is 11.8 Å². The van der Waals surface area contributed by atoms with Gasteiger partial charge in [0.15, 0.2) is 0 Å². The van der Waals surface area contributed by atoms with Crippen molar-refractivity contribution in [2.45, 2.75) is 11.8 Å². The number of sulfonamides is 1. The normalized spacial score (nSPS) is 10.9. The van der Waals surface area contributed by atoms with E-state index >= 15 is 0 Å². The molecule has 0 heterocycles. The number of benzene rings is 3. The summed E-state index contributed by atoms with van der Waals surface area (Å²) in [6, 6.07) is 19.1. The van der Waals surface area contributed by atoms with Crippen LogP contribution in [-0.4, -0.2) is 26.8 Å². The molecule has 0 saturated carbocycles. The summed E-state index contributed by atoms with van der Waals surface area (Å²) in [4.78, 5) is 23.7. The van der Waals surface area contributed by atoms with Gasteiger partial charge in [0.05, 0.1) is 10.6 Å². The molecule has 31 heavy (non-hydrogen) atoms. The molecule has 0 atom stereocenters. The quantitative estimate of drug-likeness (QED) is 0.585. The maximum Gasteiger partial charge on any atom is 0.264 e. The van der Waals surface area contributed by atoms with Crippen LogP contribution < -0.4 is 14.9 Å². The highest BCUT2D eigenvalue weighted by molar-refractivity contribution is 7.92. The number of hydrogen-bond acceptors (Lipinski definition) is 4. The average Bonchev–Trinajstić information content (AvgIpc) is 2.74. The molecule has 7 nitrogen and oxygen atoms in total. The molecule has 0 aliphatic heterocycles. The maximum absolute atomic E-state index is 14.4. The second kappa shape index (κ2) is 9.40. The number of anilines is 3. The summed E-state index contributed by atoms with van der Waals surface area (Å²) in [5.41, 5.74) is 0.706. The van der Waals surface area contributed by atoms with Crippen molar-refractivity contribution in [1.29, 1.82) is 0 Å². The fraction of sp³-hybridized carbons (Fsp3) is 0.0909. The van der Waals surface area contributed by atoms with E-state index in [1.165, 1.54) is 37.3 Å². The van der Waals surface area contributed by atoms with Gasteiger partial charge < -0.3 is 10.6 Å². The molecule has 2 N–H and O–H groups in total. The van der Waals surface area contributed by atoms with Gasteiger partial charge in [-0.3, -0.25) is 13.9 Å². The zero-order valence-electron chi connectivity index (χ0n) is 16.6. The summed E-state index contributed by atoms with van der Waals surface area (Å²) in [6.45, 7) is 0.742. The zero-order chi connectivity index (χ0) is 22.4. The first-order valence-corrected chi connectivity index (χ1v) is 10.7. The Morgan fingerprint density at radius 3 is 1.97 bits per heavy atom. The molecule has 0 aliphatic rings. The topological polar surface area (TPSA) is 95.6 Å². The van der Waals surface area contributed by atoms with Crippen LogP contribution in [-0.2, 0) is 19.6 Å². The molecule has 3 aromatic rings. The number of amides is 2. The molecule has 0 saturated heterocycles. The van der Waals surface area contributed by atoms with E-state index in [0.29, 0.717) is 11.4 Å². The van der Waals surface area contributed by atoms with Crippen LogP contribution in [0.25, 0.3) is 0 Å². The Hall–Kier alpha value is -3.72. The fourth-order valence-corrected chi connectivity index (χ4v) is 4.29. The molecule has 3 aromatic carbocycles. The Bertz CT molecular complexity index is 1180. The van der Waals surface area contributed by atoms with Gasteiger partial charge in [0.25, 0.3) is 10.0 Å². The molecule has 3 rings (SSSR count). The lowest BCUT2D eigenvalue weighted by molar-refractivity contribution is -0.115. The van der Waals surface area contributed by atoms with Crippen LogP contribution in [0.4, 0.5) is 21.5 Å². The van der Waals surface area contributed by atoms with Crippen molar-refractivity contribution in [2.75, 3.05) is 21.5 Å². The molecule has 0 aromatic heterocycles. The monoisotopic (exact) mass is 441 g/mol. The maximum atomic E-state index is 14.4. The van der Waals surface area contributed by atoms with Crippen LogP contribution in [0, 0.1) is 5.82 Å². The van der Waals surface area contributed by atoms with Gasteiger partial charge in [-0.2, -0.15) is 0 Å². The number of para-hydroxylation sites is 1. The third-order valence-electron chi connectivity index (χ3n) is 4.23. The predicted molar refractivity (Wildman–Crippen MR) is 117 cm³/mol. The second-order valence-electron chi connectivity index (χ2n) is 6.58. The molecular formula is C22H20FN3O4S. The summed E-state index contributed by atoms with van der Waals surface area (Å²) in [5, 5.41) is 5.19. The minimum atomic E-state index is -4.20. The van der Waals surface area contributed by atoms with Gasteiger partial charge >= 0.3 is 0 Å². The molecule has 0 fully saturated rings. The van der Waals surface area contributed by atoms with Crippen molar-refractivity contribution in [2.24, 2.45) is 0 Å². The van der Waals surface area contributed by atoms with Crippen molar-refractivity contribution in [1.82, 2.24) is 0 Å². The van der Waals surface area contributed by atoms with E-state index in [-0.39, 0.29) is 16.5 Å². The number of nitrogens with one attached hydrogen (secondary N) is 2. The van der Waals surface area contributed by atoms with Gasteiger partial charge in [-0.1, -0.05) is 30.3 Å². The Balaban J connectivity index is 1.86. The Morgan fingerprint density at radius 2 is 1.39 bits per heavy atom. The van der Waals surface area contributed by atoms with Crippen LogP contribution in [0.3, 0.4) is 0 Å². The lowest BCUT2D eigenvalue weighted by atomic mass is 10.2. The van der Waals surface area contributed by atoms with E-state index in [2.05, 4.69) is 10.6 Å². The average molecular weight is 441 g/mol. The Labute approximate surface area is 179 Å². The molecule has 0 bridgehead atoms. The van der Waals surface area contributed by atoms with E-state index in [1.54, 1.807) is 42.5 Å². The van der Waals surface area contributed by atoms with Gasteiger partial charge in [0.1, 0.15) is 12.4 Å². The first-order chi connectivity index (χ1) is 14.8. The van der Waals surface area contributed by atoms with E-state index in [0.717, 1.165) is 10.4 Å². The van der Waals surface area contributed by atoms with Gasteiger partial charge in [0, 0.05) is 18.3 Å². The van der Waals surface area contributed by atoms with Gasteiger partial charge in [-0.05, 0) is 48.5 Å². The lowest BCUT2D eigenvalue weighted by Gasteiger charge is -2.24. The molecule has 9 heteroatoms. The van der Waals surface area contributed by atoms with E-state index < -0.39 is 28.3 Å². The van der Waals surface area contributed by atoms with Crippen LogP contribution in [0.1, 0.15) is 6.92 Å². The molecule has 160 valence electrons. The molecule has 0 unspecified atom stereocenters. The Morgan fingerprint density at radius 1 is 0.839 bits per heavy atom. The zero-order valence-corrected chi connectivity index (χ0v) is 17.4. The van der Waals surface area contributed by atoms with Crippen LogP contribution >= 0.6 is 0 Å². The molecule has 2 amide bonds. The van der Waals surface area contributed by atoms with Crippen LogP contribution in [0.2, 0.25) is 0 Å². The standard InChI is InChI=1S/C22H20FN3O4S/c1-16(27)24-17-11-13-18(14-12-17)25-22(28)15-26(21-10-6-5-9-20(21)23)31(29,30)19-7-3-2-4-8-19/h2-14H,15H2,1H3,(H,24,27)(H,25,28). The highest BCUT2D eigenvalue weighted by Crippen LogP contribution is 2.26. The molecular weight excluding hydrogens is 421 g/mol. The highest BCUT2D eigenvalue weighted by atomic mass is 32.2. The lowest BCUT2D eigenvalue weighted by Crippen LogP contribution is -2.38. The van der Waals surface area contributed by atoms with Crippen molar-refractivity contribution in [3.63, 3.8) is 0 Å². The summed E-state index contributed by atoms with van der Waals surface area (Å²) in [7, 11) is -4.20. The molecule has 0 radical (unpaired) electrons. The number of hydrogen-bond donors (Lipinski definition) is 2. The molecule has 0 aliphatic carbocycles. The van der Waals surface area contributed by atoms with E-state index in [4.69, 9.17) is 0 Å². The van der Waals surface area contributed by atoms with Gasteiger partial charge in [-0.15, -0.1) is 0 Å². The Kier molecular flexibility index (Phi) is 6.66. The van der Waals surface area contributed by atoms with Gasteiger partial charge in [-0.25, -0.2) is 12.8 Å². The summed E-state index contributed by atoms with van der Waals surface area (Å²) in [5.74, 6) is -1.66. The number of rotatable bonds is 7. The first-order valence-electron chi connectivity index (χ1n) is 9.27. The number of carbonyl (C=O) groups excluding carboxylic acids is 2. The highest BCUT2D eigenvalue weighted by Gasteiger charge is 2.29. The SMILES string of the molecule is CC(=O)Nc1ccc(NC(=O)CN(c2ccccc2F)S(=O)(=O)c2ccccc2)cc1. The third-order valence-corrected chi connectivity index (χ3v) is 6.00. The molecule has 0 spiro atoms. The number of carbonyl (C=O) groups is 2. The summed E-state index contributed by atoms with van der Waals surface area (Å²) >= 11 is 0. The second-order valence-corrected chi connectivity index (χ2v) is 8.45. The number of nitrogens with zero attached hydrogens (tertiary/aromatic N) is 1. The van der Waals surface area contributed by atoms with Crippen molar-refractivity contribution in [3.05, 3.63) is 84.7 Å². The predicted octanol–water partition coefficient (Wildman–Crippen LogP) is 3.62. The first kappa shape index (κ1) is 22.0. The van der Waals surface area contributed by atoms with Crippen LogP contribution in [0.15, 0.2) is 83.8 Å². The van der Waals surface area contributed by atoms with Crippen molar-refractivity contribution >= 4 is 38.9 Å². The van der Waals surface area contributed by atoms with Crippen molar-refractivity contribution in [3.8, 4) is 0 Å². The third kappa shape index (κ3) is 5.46. The van der Waals surface area contributed by atoms with E-state index in [9.17, 15) is 22.4 Å². The smallest absolute Gasteiger partial charge is 0.264 e. The minimum absolute atomic E-state index is 0.0642. The van der Waals surface area contributed by atoms with Crippen molar-refractivity contribution < 1.29 is 22.4 Å². The minimum Gasteiger partial charge on any atom is -0.326 e.